The maximum atomic E-state index is 12.3. The number of carbonyl (C=O) groups is 2. The molecule has 4 nitrogen and oxygen atoms in total. The van der Waals surface area contributed by atoms with Gasteiger partial charge in [0.1, 0.15) is 6.23 Å². The average Bonchev–Trinajstić information content (AvgIpc) is 2.44. The van der Waals surface area contributed by atoms with Crippen LogP contribution in [0.1, 0.15) is 34.1 Å². The van der Waals surface area contributed by atoms with Crippen LogP contribution in [0.4, 0.5) is 0 Å². The van der Waals surface area contributed by atoms with Gasteiger partial charge in [-0.25, -0.2) is 0 Å². The van der Waals surface area contributed by atoms with Gasteiger partial charge in [-0.05, 0) is 6.42 Å². The largest absolute Gasteiger partial charge is 0.357 e. The summed E-state index contributed by atoms with van der Waals surface area (Å²) in [6, 6.07) is 6.91. The fourth-order valence-electron chi connectivity index (χ4n) is 2.32. The second kappa shape index (κ2) is 4.07. The van der Waals surface area contributed by atoms with E-state index < -0.39 is 0 Å². The molecule has 0 bridgehead atoms. The fraction of sp³-hybridized carbons (Fsp3) is 0.286. The second-order valence-electron chi connectivity index (χ2n) is 4.41. The van der Waals surface area contributed by atoms with Crippen LogP contribution in [0, 0.1) is 0 Å². The third-order valence-corrected chi connectivity index (χ3v) is 3.32. The highest BCUT2D eigenvalue weighted by Crippen LogP contribution is 2.28. The number of benzene rings is 1. The van der Waals surface area contributed by atoms with E-state index in [-0.39, 0.29) is 24.4 Å². The maximum absolute atomic E-state index is 12.3. The quantitative estimate of drug-likeness (QED) is 0.815. The summed E-state index contributed by atoms with van der Waals surface area (Å²) in [5, 5.41) is 3.01. The molecule has 2 aliphatic rings. The molecule has 0 aromatic heterocycles. The Labute approximate surface area is 105 Å². The SMILES string of the molecule is CCC1NC2=C(CO1)C(=O)c1ccccc1C2=O. The number of carbonyl (C=O) groups excluding carboxylic acids is 2. The average molecular weight is 243 g/mol. The number of ketones is 2. The van der Waals surface area contributed by atoms with Gasteiger partial charge in [0.15, 0.2) is 5.78 Å². The number of rotatable bonds is 1. The van der Waals surface area contributed by atoms with Crippen LogP contribution >= 0.6 is 0 Å². The summed E-state index contributed by atoms with van der Waals surface area (Å²) < 4.78 is 5.49. The molecule has 1 N–H and O–H groups in total. The standard InChI is InChI=1S/C14H13NO3/c1-2-11-15-12-10(7-18-11)13(16)8-5-3-4-6-9(8)14(12)17/h3-6,11,15H,2,7H2,1H3. The zero-order chi connectivity index (χ0) is 12.7. The van der Waals surface area contributed by atoms with Crippen LogP contribution in [0.2, 0.25) is 0 Å². The predicted molar refractivity (Wildman–Crippen MR) is 65.3 cm³/mol. The van der Waals surface area contributed by atoms with Crippen molar-refractivity contribution in [2.45, 2.75) is 19.6 Å². The van der Waals surface area contributed by atoms with Gasteiger partial charge in [-0.3, -0.25) is 9.59 Å². The van der Waals surface area contributed by atoms with Crippen LogP contribution in [0.5, 0.6) is 0 Å². The molecule has 0 fully saturated rings. The van der Waals surface area contributed by atoms with Crippen LogP contribution in [-0.4, -0.2) is 24.4 Å². The van der Waals surface area contributed by atoms with Crippen molar-refractivity contribution in [1.82, 2.24) is 5.32 Å². The summed E-state index contributed by atoms with van der Waals surface area (Å²) >= 11 is 0. The minimum atomic E-state index is -0.189. The Morgan fingerprint density at radius 1 is 1.22 bits per heavy atom. The highest BCUT2D eigenvalue weighted by Gasteiger charge is 2.35. The molecular formula is C14H13NO3. The topological polar surface area (TPSA) is 55.4 Å². The molecule has 0 saturated carbocycles. The molecule has 0 amide bonds. The summed E-state index contributed by atoms with van der Waals surface area (Å²) in [5.41, 5.74) is 1.81. The van der Waals surface area contributed by atoms with Crippen LogP contribution in [0.3, 0.4) is 0 Å². The first kappa shape index (κ1) is 11.2. The molecular weight excluding hydrogens is 230 g/mol. The third kappa shape index (κ3) is 1.49. The monoisotopic (exact) mass is 243 g/mol. The first-order valence-corrected chi connectivity index (χ1v) is 6.02. The first-order valence-electron chi connectivity index (χ1n) is 6.02. The Balaban J connectivity index is 2.10. The summed E-state index contributed by atoms with van der Waals surface area (Å²) in [5.74, 6) is -0.218. The molecule has 0 spiro atoms. The van der Waals surface area contributed by atoms with Gasteiger partial charge in [-0.1, -0.05) is 31.2 Å². The van der Waals surface area contributed by atoms with Gasteiger partial charge in [0.2, 0.25) is 5.78 Å². The molecule has 0 saturated heterocycles. The molecule has 1 aromatic carbocycles. The van der Waals surface area contributed by atoms with Crippen LogP contribution < -0.4 is 5.32 Å². The normalized spacial score (nSPS) is 22.4. The van der Waals surface area contributed by atoms with Gasteiger partial charge in [0, 0.05) is 11.1 Å². The summed E-state index contributed by atoms with van der Waals surface area (Å²) in [6.07, 6.45) is 0.561. The molecule has 4 heteroatoms. The summed E-state index contributed by atoms with van der Waals surface area (Å²) in [7, 11) is 0. The Morgan fingerprint density at radius 2 is 1.89 bits per heavy atom. The van der Waals surface area contributed by atoms with Crippen molar-refractivity contribution >= 4 is 11.6 Å². The van der Waals surface area contributed by atoms with Crippen LogP contribution in [-0.2, 0) is 4.74 Å². The third-order valence-electron chi connectivity index (χ3n) is 3.32. The minimum absolute atomic E-state index is 0.109. The van der Waals surface area contributed by atoms with E-state index in [1.54, 1.807) is 24.3 Å². The van der Waals surface area contributed by atoms with E-state index in [0.717, 1.165) is 6.42 Å². The molecule has 1 unspecified atom stereocenters. The molecule has 3 rings (SSSR count). The van der Waals surface area contributed by atoms with Gasteiger partial charge in [0.25, 0.3) is 0 Å². The van der Waals surface area contributed by atoms with Gasteiger partial charge < -0.3 is 10.1 Å². The lowest BCUT2D eigenvalue weighted by atomic mass is 9.87. The Morgan fingerprint density at radius 3 is 2.56 bits per heavy atom. The number of ether oxygens (including phenoxy) is 1. The number of Topliss-reactive ketones (excluding diaryl/α,β-unsaturated/α-hetero) is 2. The van der Waals surface area contributed by atoms with Crippen molar-refractivity contribution in [2.75, 3.05) is 6.61 Å². The zero-order valence-corrected chi connectivity index (χ0v) is 10.0. The lowest BCUT2D eigenvalue weighted by Gasteiger charge is -2.30. The van der Waals surface area contributed by atoms with E-state index in [0.29, 0.717) is 22.4 Å². The molecule has 1 aliphatic carbocycles. The Kier molecular flexibility index (Phi) is 2.52. The Hall–Kier alpha value is -1.94. The molecule has 1 aliphatic heterocycles. The van der Waals surface area contributed by atoms with E-state index in [1.807, 2.05) is 6.92 Å². The van der Waals surface area contributed by atoms with E-state index in [2.05, 4.69) is 5.32 Å². The highest BCUT2D eigenvalue weighted by molar-refractivity contribution is 6.26. The lowest BCUT2D eigenvalue weighted by Crippen LogP contribution is -2.43. The van der Waals surface area contributed by atoms with Crippen molar-refractivity contribution < 1.29 is 14.3 Å². The van der Waals surface area contributed by atoms with E-state index in [9.17, 15) is 9.59 Å². The van der Waals surface area contributed by atoms with E-state index >= 15 is 0 Å². The van der Waals surface area contributed by atoms with Gasteiger partial charge in [-0.15, -0.1) is 0 Å². The zero-order valence-electron chi connectivity index (χ0n) is 10.0. The number of nitrogens with one attached hydrogen (secondary N) is 1. The Bertz CT molecular complexity index is 574. The molecule has 0 radical (unpaired) electrons. The summed E-state index contributed by atoms with van der Waals surface area (Å²) in [6.45, 7) is 2.17. The van der Waals surface area contributed by atoms with Crippen molar-refractivity contribution in [3.8, 4) is 0 Å². The van der Waals surface area contributed by atoms with E-state index in [4.69, 9.17) is 4.74 Å². The van der Waals surface area contributed by atoms with Crippen molar-refractivity contribution in [1.29, 1.82) is 0 Å². The number of hydrogen-bond donors (Lipinski definition) is 1. The molecule has 1 aromatic rings. The fourth-order valence-corrected chi connectivity index (χ4v) is 2.32. The smallest absolute Gasteiger partial charge is 0.210 e. The van der Waals surface area contributed by atoms with Crippen LogP contribution in [0.25, 0.3) is 0 Å². The molecule has 1 heterocycles. The lowest BCUT2D eigenvalue weighted by molar-refractivity contribution is 0.0325. The molecule has 18 heavy (non-hydrogen) atoms. The molecule has 92 valence electrons. The van der Waals surface area contributed by atoms with Crippen molar-refractivity contribution in [3.63, 3.8) is 0 Å². The number of fused-ring (bicyclic) bond motifs is 1. The maximum Gasteiger partial charge on any atom is 0.210 e. The highest BCUT2D eigenvalue weighted by atomic mass is 16.5. The van der Waals surface area contributed by atoms with Gasteiger partial charge >= 0.3 is 0 Å². The summed E-state index contributed by atoms with van der Waals surface area (Å²) in [4.78, 5) is 24.6. The predicted octanol–water partition coefficient (Wildman–Crippen LogP) is 1.68. The van der Waals surface area contributed by atoms with Gasteiger partial charge in [0.05, 0.1) is 17.9 Å². The minimum Gasteiger partial charge on any atom is -0.357 e. The van der Waals surface area contributed by atoms with Crippen molar-refractivity contribution in [2.24, 2.45) is 0 Å². The number of allylic oxidation sites excluding steroid dienone is 1. The number of hydrogen-bond acceptors (Lipinski definition) is 4. The van der Waals surface area contributed by atoms with E-state index in [1.165, 1.54) is 0 Å². The van der Waals surface area contributed by atoms with Crippen molar-refractivity contribution in [3.05, 3.63) is 46.7 Å². The first-order chi connectivity index (χ1) is 8.72. The second-order valence-corrected chi connectivity index (χ2v) is 4.41. The molecule has 1 atom stereocenters. The van der Waals surface area contributed by atoms with Crippen LogP contribution in [0.15, 0.2) is 35.5 Å². The van der Waals surface area contributed by atoms with Gasteiger partial charge in [-0.2, -0.15) is 0 Å².